The third kappa shape index (κ3) is 5.13. The molecule has 1 aromatic heterocycles. The van der Waals surface area contributed by atoms with E-state index in [1.54, 1.807) is 4.80 Å². The summed E-state index contributed by atoms with van der Waals surface area (Å²) in [6.45, 7) is 4.15. The first-order valence-electron chi connectivity index (χ1n) is 9.66. The number of fused-ring (bicyclic) bond motifs is 1. The minimum Gasteiger partial charge on any atom is -0.332 e. The highest BCUT2D eigenvalue weighted by atomic mass is 32.1. The van der Waals surface area contributed by atoms with Crippen molar-refractivity contribution in [3.05, 3.63) is 48.0 Å². The molecule has 146 valence electrons. The van der Waals surface area contributed by atoms with Crippen molar-refractivity contribution in [2.75, 3.05) is 5.32 Å². The molecule has 0 atom stereocenters. The first kappa shape index (κ1) is 19.9. The van der Waals surface area contributed by atoms with E-state index in [0.717, 1.165) is 35.2 Å². The van der Waals surface area contributed by atoms with E-state index in [-0.39, 0.29) is 11.0 Å². The van der Waals surface area contributed by atoms with Gasteiger partial charge in [0.05, 0.1) is 5.69 Å². The number of nitrogens with zero attached hydrogens (tertiary/aromatic N) is 3. The number of carbonyl (C=O) groups excluding carboxylic acids is 1. The smallest absolute Gasteiger partial charge is 0.226 e. The van der Waals surface area contributed by atoms with Crippen molar-refractivity contribution in [1.82, 2.24) is 20.3 Å². The third-order valence-electron chi connectivity index (χ3n) is 4.35. The second-order valence-electron chi connectivity index (χ2n) is 6.72. The SMILES string of the molecule is CCCCc1ccc(-n2nc3ccc(NC(=S)NC(=O)CCC)cc3n2)cc1. The van der Waals surface area contributed by atoms with Gasteiger partial charge in [0.2, 0.25) is 5.91 Å². The van der Waals surface area contributed by atoms with E-state index in [4.69, 9.17) is 12.2 Å². The average molecular weight is 396 g/mol. The van der Waals surface area contributed by atoms with Gasteiger partial charge < -0.3 is 10.6 Å². The van der Waals surface area contributed by atoms with Crippen LogP contribution in [0.2, 0.25) is 0 Å². The van der Waals surface area contributed by atoms with Crippen LogP contribution in [-0.2, 0) is 11.2 Å². The lowest BCUT2D eigenvalue weighted by molar-refractivity contribution is -0.119. The molecule has 0 saturated carbocycles. The van der Waals surface area contributed by atoms with Crippen molar-refractivity contribution < 1.29 is 4.79 Å². The molecule has 0 spiro atoms. The lowest BCUT2D eigenvalue weighted by Crippen LogP contribution is -2.33. The zero-order valence-electron chi connectivity index (χ0n) is 16.2. The number of unbranched alkanes of at least 4 members (excludes halogenated alkanes) is 1. The maximum Gasteiger partial charge on any atom is 0.226 e. The Morgan fingerprint density at radius 1 is 1.04 bits per heavy atom. The molecule has 2 N–H and O–H groups in total. The summed E-state index contributed by atoms with van der Waals surface area (Å²) in [6, 6.07) is 14.0. The van der Waals surface area contributed by atoms with Gasteiger partial charge in [-0.3, -0.25) is 4.79 Å². The van der Waals surface area contributed by atoms with Gasteiger partial charge >= 0.3 is 0 Å². The van der Waals surface area contributed by atoms with Crippen LogP contribution in [0, 0.1) is 0 Å². The zero-order valence-corrected chi connectivity index (χ0v) is 17.1. The summed E-state index contributed by atoms with van der Waals surface area (Å²) in [4.78, 5) is 13.3. The van der Waals surface area contributed by atoms with E-state index in [0.29, 0.717) is 6.42 Å². The van der Waals surface area contributed by atoms with Crippen molar-refractivity contribution in [3.63, 3.8) is 0 Å². The fraction of sp³-hybridized carbons (Fsp3) is 0.333. The van der Waals surface area contributed by atoms with Gasteiger partial charge in [-0.2, -0.15) is 4.80 Å². The molecule has 7 heteroatoms. The highest BCUT2D eigenvalue weighted by Crippen LogP contribution is 2.18. The molecule has 3 rings (SSSR count). The Morgan fingerprint density at radius 2 is 1.79 bits per heavy atom. The minimum atomic E-state index is -0.0885. The Balaban J connectivity index is 1.72. The first-order chi connectivity index (χ1) is 13.6. The molecule has 28 heavy (non-hydrogen) atoms. The van der Waals surface area contributed by atoms with E-state index in [1.807, 2.05) is 37.3 Å². The number of nitrogens with one attached hydrogen (secondary N) is 2. The lowest BCUT2D eigenvalue weighted by atomic mass is 10.1. The summed E-state index contributed by atoms with van der Waals surface area (Å²) in [7, 11) is 0. The number of rotatable bonds is 7. The van der Waals surface area contributed by atoms with Gasteiger partial charge in [0.1, 0.15) is 11.0 Å². The van der Waals surface area contributed by atoms with Gasteiger partial charge in [0.15, 0.2) is 5.11 Å². The van der Waals surface area contributed by atoms with Gasteiger partial charge in [-0.25, -0.2) is 0 Å². The molecule has 0 saturated heterocycles. The van der Waals surface area contributed by atoms with Crippen molar-refractivity contribution in [2.45, 2.75) is 46.0 Å². The number of aryl methyl sites for hydroxylation is 1. The summed E-state index contributed by atoms with van der Waals surface area (Å²) in [6.07, 6.45) is 4.71. The zero-order chi connectivity index (χ0) is 19.9. The monoisotopic (exact) mass is 395 g/mol. The van der Waals surface area contributed by atoms with Crippen LogP contribution >= 0.6 is 12.2 Å². The molecule has 0 fully saturated rings. The maximum absolute atomic E-state index is 11.6. The molecular formula is C21H25N5OS. The normalized spacial score (nSPS) is 10.8. The quantitative estimate of drug-likeness (QED) is 0.581. The van der Waals surface area contributed by atoms with E-state index in [2.05, 4.69) is 39.9 Å². The van der Waals surface area contributed by atoms with Gasteiger partial charge in [-0.1, -0.05) is 32.4 Å². The van der Waals surface area contributed by atoms with Gasteiger partial charge in [0, 0.05) is 12.1 Å². The molecule has 0 aliphatic rings. The Morgan fingerprint density at radius 3 is 2.50 bits per heavy atom. The van der Waals surface area contributed by atoms with Crippen LogP contribution in [0.1, 0.15) is 45.1 Å². The molecule has 1 amide bonds. The Hall–Kier alpha value is -2.80. The molecule has 2 aromatic carbocycles. The van der Waals surface area contributed by atoms with Gasteiger partial charge in [-0.05, 0) is 67.4 Å². The fourth-order valence-corrected chi connectivity index (χ4v) is 3.09. The molecule has 0 radical (unpaired) electrons. The van der Waals surface area contributed by atoms with Crippen LogP contribution in [0.4, 0.5) is 5.69 Å². The molecule has 0 aliphatic carbocycles. The second kappa shape index (κ2) is 9.41. The van der Waals surface area contributed by atoms with Crippen LogP contribution in [0.25, 0.3) is 16.7 Å². The number of hydrogen-bond acceptors (Lipinski definition) is 4. The highest BCUT2D eigenvalue weighted by Gasteiger charge is 2.08. The van der Waals surface area contributed by atoms with Crippen molar-refractivity contribution in [2.24, 2.45) is 0 Å². The number of benzene rings is 2. The number of amides is 1. The molecule has 0 aliphatic heterocycles. The van der Waals surface area contributed by atoms with Crippen LogP contribution in [0.5, 0.6) is 0 Å². The third-order valence-corrected chi connectivity index (χ3v) is 4.56. The Labute approximate surface area is 170 Å². The Kier molecular flexibility index (Phi) is 6.71. The van der Waals surface area contributed by atoms with Crippen LogP contribution in [-0.4, -0.2) is 26.0 Å². The molecule has 6 nitrogen and oxygen atoms in total. The van der Waals surface area contributed by atoms with Crippen LogP contribution in [0.3, 0.4) is 0 Å². The number of carbonyl (C=O) groups is 1. The topological polar surface area (TPSA) is 71.8 Å². The maximum atomic E-state index is 11.6. The second-order valence-corrected chi connectivity index (χ2v) is 7.12. The molecular weight excluding hydrogens is 370 g/mol. The van der Waals surface area contributed by atoms with Crippen molar-refractivity contribution in [1.29, 1.82) is 0 Å². The summed E-state index contributed by atoms with van der Waals surface area (Å²) in [5.74, 6) is -0.0885. The van der Waals surface area contributed by atoms with Crippen molar-refractivity contribution >= 4 is 40.0 Å². The van der Waals surface area contributed by atoms with Gasteiger partial charge in [-0.15, -0.1) is 10.2 Å². The predicted molar refractivity (Wildman–Crippen MR) is 117 cm³/mol. The number of thiocarbonyl (C=S) groups is 1. The fourth-order valence-electron chi connectivity index (χ4n) is 2.86. The number of hydrogen-bond donors (Lipinski definition) is 2. The molecule has 1 heterocycles. The standard InChI is InChI=1S/C21H25N5OS/c1-3-5-7-15-8-11-17(12-9-15)26-24-18-13-10-16(14-19(18)25-26)22-21(28)23-20(27)6-4-2/h8-14H,3-7H2,1-2H3,(H2,22,23,27,28). The minimum absolute atomic E-state index is 0.0885. The lowest BCUT2D eigenvalue weighted by Gasteiger charge is -2.08. The molecule has 0 bridgehead atoms. The van der Waals surface area contributed by atoms with E-state index < -0.39 is 0 Å². The summed E-state index contributed by atoms with van der Waals surface area (Å²) < 4.78 is 0. The summed E-state index contributed by atoms with van der Waals surface area (Å²) in [5.41, 5.74) is 4.56. The number of aromatic nitrogens is 3. The van der Waals surface area contributed by atoms with E-state index in [1.165, 1.54) is 18.4 Å². The molecule has 3 aromatic rings. The predicted octanol–water partition coefficient (Wildman–Crippen LogP) is 4.38. The average Bonchev–Trinajstić information content (AvgIpc) is 3.10. The highest BCUT2D eigenvalue weighted by molar-refractivity contribution is 7.80. The first-order valence-corrected chi connectivity index (χ1v) is 10.1. The number of anilines is 1. The summed E-state index contributed by atoms with van der Waals surface area (Å²) in [5, 5.41) is 15.1. The molecule has 0 unspecified atom stereocenters. The largest absolute Gasteiger partial charge is 0.332 e. The van der Waals surface area contributed by atoms with E-state index in [9.17, 15) is 4.79 Å². The van der Waals surface area contributed by atoms with Crippen LogP contribution < -0.4 is 10.6 Å². The van der Waals surface area contributed by atoms with Gasteiger partial charge in [0.25, 0.3) is 0 Å². The Bertz CT molecular complexity index is 965. The summed E-state index contributed by atoms with van der Waals surface area (Å²) >= 11 is 5.19. The van der Waals surface area contributed by atoms with Crippen molar-refractivity contribution in [3.8, 4) is 5.69 Å². The van der Waals surface area contributed by atoms with Crippen LogP contribution in [0.15, 0.2) is 42.5 Å². The van der Waals surface area contributed by atoms with E-state index >= 15 is 0 Å².